The lowest BCUT2D eigenvalue weighted by Crippen LogP contribution is -2.34. The average Bonchev–Trinajstić information content (AvgIpc) is 2.04. The largest absolute Gasteiger partial charge is 0.491 e. The molecule has 0 rings (SSSR count). The van der Waals surface area contributed by atoms with Crippen molar-refractivity contribution in [1.29, 1.82) is 0 Å². The Morgan fingerprint density at radius 1 is 0.867 bits per heavy atom. The molecular weight excluding hydrogens is 238 g/mol. The number of aliphatic hydroxyl groups is 1. The van der Waals surface area contributed by atoms with Crippen molar-refractivity contribution in [3.63, 3.8) is 0 Å². The summed E-state index contributed by atoms with van der Waals surface area (Å²) in [6.45, 7) is 0. The Bertz CT molecular complexity index is 205. The molecule has 0 aliphatic heterocycles. The molecule has 0 saturated heterocycles. The van der Waals surface area contributed by atoms with Gasteiger partial charge in [-0.05, 0) is 0 Å². The highest BCUT2D eigenvalue weighted by Gasteiger charge is 2.49. The molecule has 4 nitrogen and oxygen atoms in total. The number of rotatable bonds is 0. The molecule has 0 aromatic carbocycles. The molecule has 15 heavy (non-hydrogen) atoms. The van der Waals surface area contributed by atoms with Crippen molar-refractivity contribution in [2.24, 2.45) is 0 Å². The maximum absolute atomic E-state index is 11.2. The maximum Gasteiger partial charge on any atom is 0.491 e. The van der Waals surface area contributed by atoms with Crippen molar-refractivity contribution in [2.45, 2.75) is 12.4 Å². The molecule has 0 bridgehead atoms. The summed E-state index contributed by atoms with van der Waals surface area (Å²) in [5.74, 6) is -6.40. The van der Waals surface area contributed by atoms with Crippen LogP contribution < -0.4 is 0 Å². The third-order valence-corrected chi connectivity index (χ3v) is 0.648. The van der Waals surface area contributed by atoms with Crippen molar-refractivity contribution in [2.75, 3.05) is 7.11 Å². The molecule has 0 aliphatic carbocycles. The summed E-state index contributed by atoms with van der Waals surface area (Å²) in [6.07, 6.45) is -11.2. The zero-order valence-electron chi connectivity index (χ0n) is 6.94. The fourth-order valence-corrected chi connectivity index (χ4v) is 0.200. The Labute approximate surface area is 78.4 Å². The van der Waals surface area contributed by atoms with Gasteiger partial charge in [0.1, 0.15) is 0 Å². The van der Waals surface area contributed by atoms with E-state index in [1.54, 1.807) is 0 Å². The van der Waals surface area contributed by atoms with E-state index < -0.39 is 24.3 Å². The van der Waals surface area contributed by atoms with Gasteiger partial charge in [-0.2, -0.15) is 26.3 Å². The number of halogens is 6. The van der Waals surface area contributed by atoms with Crippen molar-refractivity contribution in [3.05, 3.63) is 0 Å². The molecule has 10 heteroatoms. The van der Waals surface area contributed by atoms with E-state index >= 15 is 0 Å². The van der Waals surface area contributed by atoms with Crippen LogP contribution in [0.4, 0.5) is 26.3 Å². The van der Waals surface area contributed by atoms with Gasteiger partial charge in [0.05, 0.1) is 0 Å². The van der Waals surface area contributed by atoms with Gasteiger partial charge in [-0.3, -0.25) is 0 Å². The molecule has 0 heterocycles. The van der Waals surface area contributed by atoms with Crippen molar-refractivity contribution in [1.82, 2.24) is 0 Å². The highest BCUT2D eigenvalue weighted by Crippen LogP contribution is 2.21. The quantitative estimate of drug-likeness (QED) is 0.387. The molecule has 0 aromatic heterocycles. The molecular formula is C5H4F6O4. The van der Waals surface area contributed by atoms with Crippen LogP contribution in [0.2, 0.25) is 0 Å². The van der Waals surface area contributed by atoms with Gasteiger partial charge in [0.25, 0.3) is 0 Å². The first kappa shape index (κ1) is 16.1. The molecule has 0 spiro atoms. The Morgan fingerprint density at radius 2 is 1.07 bits per heavy atom. The number of ether oxygens (including phenoxy) is 1. The average molecular weight is 242 g/mol. The zero-order valence-corrected chi connectivity index (χ0v) is 6.94. The number of esters is 2. The molecule has 0 saturated carbocycles. The van der Waals surface area contributed by atoms with Crippen LogP contribution in [0.25, 0.3) is 0 Å². The van der Waals surface area contributed by atoms with Crippen LogP contribution >= 0.6 is 0 Å². The highest BCUT2D eigenvalue weighted by atomic mass is 19.4. The Balaban J connectivity index is 0. The number of hydrogen-bond donors (Lipinski definition) is 1. The van der Waals surface area contributed by atoms with Crippen molar-refractivity contribution >= 4 is 11.9 Å². The summed E-state index contributed by atoms with van der Waals surface area (Å²) in [7, 11) is 1.00. The monoisotopic (exact) mass is 242 g/mol. The molecule has 1 N–H and O–H groups in total. The molecule has 0 radical (unpaired) electrons. The van der Waals surface area contributed by atoms with Gasteiger partial charge < -0.3 is 9.84 Å². The van der Waals surface area contributed by atoms with Gasteiger partial charge in [-0.25, -0.2) is 9.59 Å². The van der Waals surface area contributed by atoms with Crippen LogP contribution in [-0.4, -0.2) is 36.5 Å². The van der Waals surface area contributed by atoms with Gasteiger partial charge in [-0.15, -0.1) is 0 Å². The van der Waals surface area contributed by atoms with E-state index in [-0.39, 0.29) is 0 Å². The molecule has 0 atom stereocenters. The van der Waals surface area contributed by atoms with Crippen molar-refractivity contribution in [3.8, 4) is 0 Å². The summed E-state index contributed by atoms with van der Waals surface area (Å²) < 4.78 is 69.7. The predicted octanol–water partition coefficient (Wildman–Crippen LogP) is 0.789. The topological polar surface area (TPSA) is 63.6 Å². The molecule has 0 aromatic rings. The van der Waals surface area contributed by atoms with Crippen LogP contribution in [0.3, 0.4) is 0 Å². The van der Waals surface area contributed by atoms with Gasteiger partial charge >= 0.3 is 24.3 Å². The lowest BCUT2D eigenvalue weighted by atomic mass is 10.6. The Morgan fingerprint density at radius 3 is 1.20 bits per heavy atom. The fourth-order valence-electron chi connectivity index (χ4n) is 0.200. The van der Waals surface area contributed by atoms with Gasteiger partial charge in [0, 0.05) is 7.11 Å². The smallest absolute Gasteiger partial charge is 0.400 e. The molecule has 0 amide bonds. The molecule has 0 unspecified atom stereocenters. The maximum atomic E-state index is 11.2. The second-order valence-electron chi connectivity index (χ2n) is 1.67. The predicted molar refractivity (Wildman–Crippen MR) is 31.4 cm³/mol. The third-order valence-electron chi connectivity index (χ3n) is 0.648. The number of alkyl halides is 6. The SMILES string of the molecule is CO.O=C(OC(=O)C(F)(F)F)C(F)(F)F. The minimum absolute atomic E-state index is 1.00. The van der Waals surface area contributed by atoms with Crippen LogP contribution in [-0.2, 0) is 14.3 Å². The lowest BCUT2D eigenvalue weighted by Gasteiger charge is -2.06. The first-order valence-electron chi connectivity index (χ1n) is 2.90. The van der Waals surface area contributed by atoms with Crippen LogP contribution in [0, 0.1) is 0 Å². The lowest BCUT2D eigenvalue weighted by molar-refractivity contribution is -0.221. The summed E-state index contributed by atoms with van der Waals surface area (Å²) >= 11 is 0. The summed E-state index contributed by atoms with van der Waals surface area (Å²) in [5, 5.41) is 7.00. The second kappa shape index (κ2) is 5.53. The minimum Gasteiger partial charge on any atom is -0.400 e. The van der Waals surface area contributed by atoms with Crippen LogP contribution in [0.5, 0.6) is 0 Å². The van der Waals surface area contributed by atoms with Gasteiger partial charge in [-0.1, -0.05) is 0 Å². The minimum atomic E-state index is -5.62. The summed E-state index contributed by atoms with van der Waals surface area (Å²) in [6, 6.07) is 0. The molecule has 90 valence electrons. The Hall–Kier alpha value is -1.32. The normalized spacial score (nSPS) is 11.2. The number of carbonyl (C=O) groups is 2. The summed E-state index contributed by atoms with van der Waals surface area (Å²) in [5.41, 5.74) is 0. The number of hydrogen-bond acceptors (Lipinski definition) is 4. The highest BCUT2D eigenvalue weighted by molar-refractivity contribution is 5.90. The first-order valence-corrected chi connectivity index (χ1v) is 2.90. The van der Waals surface area contributed by atoms with E-state index in [1.165, 1.54) is 0 Å². The first-order chi connectivity index (χ1) is 6.55. The van der Waals surface area contributed by atoms with E-state index in [2.05, 4.69) is 4.74 Å². The number of carbonyl (C=O) groups excluding carboxylic acids is 2. The van der Waals surface area contributed by atoms with E-state index in [0.717, 1.165) is 7.11 Å². The van der Waals surface area contributed by atoms with E-state index in [0.29, 0.717) is 0 Å². The fraction of sp³-hybridized carbons (Fsp3) is 0.600. The third kappa shape index (κ3) is 6.71. The van der Waals surface area contributed by atoms with E-state index in [4.69, 9.17) is 5.11 Å². The van der Waals surface area contributed by atoms with Crippen LogP contribution in [0.15, 0.2) is 0 Å². The standard InChI is InChI=1S/C4F6O3.CH4O/c5-3(6,7)1(11)13-2(12)4(8,9)10;1-2/h;2H,1H3. The van der Waals surface area contributed by atoms with Gasteiger partial charge in [0.15, 0.2) is 0 Å². The van der Waals surface area contributed by atoms with Gasteiger partial charge in [0.2, 0.25) is 0 Å². The Kier molecular flexibility index (Phi) is 5.95. The molecule has 0 fully saturated rings. The zero-order chi connectivity index (χ0) is 12.9. The summed E-state index contributed by atoms with van der Waals surface area (Å²) in [4.78, 5) is 19.3. The molecule has 0 aliphatic rings. The van der Waals surface area contributed by atoms with E-state index in [1.807, 2.05) is 0 Å². The number of aliphatic hydroxyl groups excluding tert-OH is 1. The van der Waals surface area contributed by atoms with Crippen LogP contribution in [0.1, 0.15) is 0 Å². The second-order valence-corrected chi connectivity index (χ2v) is 1.67. The van der Waals surface area contributed by atoms with Crippen molar-refractivity contribution < 1.29 is 45.8 Å². The van der Waals surface area contributed by atoms with E-state index in [9.17, 15) is 35.9 Å².